The van der Waals surface area contributed by atoms with Gasteiger partial charge in [0.25, 0.3) is 5.91 Å². The van der Waals surface area contributed by atoms with Crippen LogP contribution in [0.2, 0.25) is 0 Å². The average molecular weight is 387 g/mol. The van der Waals surface area contributed by atoms with Gasteiger partial charge in [-0.2, -0.15) is 0 Å². The third-order valence-corrected chi connectivity index (χ3v) is 4.45. The second-order valence-electron chi connectivity index (χ2n) is 6.50. The molecule has 0 radical (unpaired) electrons. The van der Waals surface area contributed by atoms with Gasteiger partial charge in [-0.15, -0.1) is 0 Å². The maximum atomic E-state index is 12.3. The Morgan fingerprint density at radius 3 is 2.79 bits per heavy atom. The smallest absolute Gasteiger partial charge is 0.259 e. The number of carbonyl (C=O) groups is 2. The number of ether oxygens (including phenoxy) is 2. The molecular weight excluding hydrogens is 358 g/mol. The second-order valence-corrected chi connectivity index (χ2v) is 6.50. The number of piperidine rings is 1. The van der Waals surface area contributed by atoms with Gasteiger partial charge in [0.2, 0.25) is 5.91 Å². The van der Waals surface area contributed by atoms with E-state index in [0.29, 0.717) is 23.5 Å². The van der Waals surface area contributed by atoms with Gasteiger partial charge in [-0.3, -0.25) is 19.8 Å². The van der Waals surface area contributed by atoms with E-state index in [1.165, 1.54) is 0 Å². The Morgan fingerprint density at radius 1 is 1.36 bits per heavy atom. The van der Waals surface area contributed by atoms with Crippen molar-refractivity contribution >= 4 is 11.8 Å². The summed E-state index contributed by atoms with van der Waals surface area (Å²) >= 11 is 0. The molecule has 2 amide bonds. The van der Waals surface area contributed by atoms with Crippen LogP contribution in [0.4, 0.5) is 0 Å². The van der Waals surface area contributed by atoms with Crippen LogP contribution in [0.15, 0.2) is 59.7 Å². The Balaban J connectivity index is 2.11. The van der Waals surface area contributed by atoms with Crippen LogP contribution in [0.3, 0.4) is 0 Å². The number of allylic oxidation sites excluding steroid dienone is 5. The van der Waals surface area contributed by atoms with Crippen molar-refractivity contribution < 1.29 is 19.1 Å². The number of hydrogen-bond donors (Lipinski definition) is 2. The summed E-state index contributed by atoms with van der Waals surface area (Å²) in [6.45, 7) is 12.1. The Bertz CT molecular complexity index is 713. The SMILES string of the molecule is C=C\C=C(/C=C1\CC(=O)NC(=O)\C1=C/N/C(C)=C/C)OCCN1CCOCC1. The molecule has 0 bridgehead atoms. The minimum Gasteiger partial charge on any atom is -0.492 e. The fourth-order valence-electron chi connectivity index (χ4n) is 2.75. The van der Waals surface area contributed by atoms with Gasteiger partial charge in [0, 0.05) is 31.5 Å². The molecule has 0 saturated carbocycles. The lowest BCUT2D eigenvalue weighted by atomic mass is 9.97. The topological polar surface area (TPSA) is 79.9 Å². The van der Waals surface area contributed by atoms with E-state index in [4.69, 9.17) is 9.47 Å². The van der Waals surface area contributed by atoms with E-state index in [0.717, 1.165) is 38.5 Å². The predicted octanol–water partition coefficient (Wildman–Crippen LogP) is 1.78. The summed E-state index contributed by atoms with van der Waals surface area (Å²) in [5.74, 6) is -0.193. The predicted molar refractivity (Wildman–Crippen MR) is 108 cm³/mol. The second kappa shape index (κ2) is 11.3. The highest BCUT2D eigenvalue weighted by Crippen LogP contribution is 2.21. The molecule has 0 aromatic carbocycles. The van der Waals surface area contributed by atoms with Gasteiger partial charge in [-0.25, -0.2) is 0 Å². The van der Waals surface area contributed by atoms with Gasteiger partial charge >= 0.3 is 0 Å². The lowest BCUT2D eigenvalue weighted by molar-refractivity contribution is -0.129. The third kappa shape index (κ3) is 6.83. The molecule has 2 rings (SSSR count). The number of nitrogens with zero attached hydrogens (tertiary/aromatic N) is 1. The first-order valence-corrected chi connectivity index (χ1v) is 9.44. The van der Waals surface area contributed by atoms with Crippen molar-refractivity contribution in [2.45, 2.75) is 20.3 Å². The van der Waals surface area contributed by atoms with Gasteiger partial charge in [0.1, 0.15) is 12.4 Å². The molecule has 2 heterocycles. The van der Waals surface area contributed by atoms with E-state index in [-0.39, 0.29) is 12.3 Å². The maximum Gasteiger partial charge on any atom is 0.259 e. The van der Waals surface area contributed by atoms with Crippen LogP contribution in [0.25, 0.3) is 0 Å². The van der Waals surface area contributed by atoms with Crippen molar-refractivity contribution in [1.29, 1.82) is 0 Å². The minimum atomic E-state index is -0.426. The number of morpholine rings is 1. The summed E-state index contributed by atoms with van der Waals surface area (Å²) in [4.78, 5) is 26.4. The van der Waals surface area contributed by atoms with E-state index >= 15 is 0 Å². The van der Waals surface area contributed by atoms with Crippen LogP contribution < -0.4 is 10.6 Å². The first kappa shape index (κ1) is 21.7. The molecular formula is C21H29N3O4. The Labute approximate surface area is 166 Å². The van der Waals surface area contributed by atoms with Gasteiger partial charge in [0.15, 0.2) is 0 Å². The van der Waals surface area contributed by atoms with E-state index in [9.17, 15) is 9.59 Å². The number of amides is 2. The van der Waals surface area contributed by atoms with Crippen LogP contribution in [0.1, 0.15) is 20.3 Å². The van der Waals surface area contributed by atoms with Crippen molar-refractivity contribution in [3.05, 3.63) is 59.7 Å². The molecule has 7 nitrogen and oxygen atoms in total. The van der Waals surface area contributed by atoms with Gasteiger partial charge in [0.05, 0.1) is 25.2 Å². The molecule has 0 aromatic rings. The van der Waals surface area contributed by atoms with Crippen LogP contribution in [-0.4, -0.2) is 56.2 Å². The molecule has 2 fully saturated rings. The minimum absolute atomic E-state index is 0.107. The fraction of sp³-hybridized carbons (Fsp3) is 0.429. The highest BCUT2D eigenvalue weighted by Gasteiger charge is 2.25. The normalized spacial score (nSPS) is 22.4. The number of imide groups is 1. The van der Waals surface area contributed by atoms with Crippen molar-refractivity contribution in [2.75, 3.05) is 39.5 Å². The van der Waals surface area contributed by atoms with Crippen LogP contribution in [-0.2, 0) is 19.1 Å². The Kier molecular flexibility index (Phi) is 8.71. The molecule has 2 aliphatic heterocycles. The van der Waals surface area contributed by atoms with E-state index < -0.39 is 5.91 Å². The largest absolute Gasteiger partial charge is 0.492 e. The van der Waals surface area contributed by atoms with E-state index in [1.807, 2.05) is 19.9 Å². The van der Waals surface area contributed by atoms with E-state index in [1.54, 1.807) is 24.4 Å². The first-order chi connectivity index (χ1) is 13.5. The zero-order valence-electron chi connectivity index (χ0n) is 16.6. The van der Waals surface area contributed by atoms with Crippen molar-refractivity contribution in [3.63, 3.8) is 0 Å². The number of carbonyl (C=O) groups excluding carboxylic acids is 2. The average Bonchev–Trinajstić information content (AvgIpc) is 2.68. The Morgan fingerprint density at radius 2 is 2.11 bits per heavy atom. The van der Waals surface area contributed by atoms with Gasteiger partial charge in [-0.05, 0) is 31.6 Å². The summed E-state index contributed by atoms with van der Waals surface area (Å²) in [6.07, 6.45) is 8.70. The molecule has 152 valence electrons. The first-order valence-electron chi connectivity index (χ1n) is 9.44. The highest BCUT2D eigenvalue weighted by atomic mass is 16.5. The van der Waals surface area contributed by atoms with Crippen molar-refractivity contribution in [2.24, 2.45) is 0 Å². The summed E-state index contributed by atoms with van der Waals surface area (Å²) in [5, 5.41) is 5.40. The standard InChI is InChI=1S/C21H29N3O4/c1-4-6-18(28-12-9-24-7-10-27-11-8-24)13-17-14-20(25)23-21(26)19(17)15-22-16(3)5-2/h4-6,13,15,22H,1,7-12,14H2,2-3H3,(H,23,25,26)/b16-5+,17-13+,18-6+,19-15-. The number of rotatable bonds is 8. The molecule has 0 unspecified atom stereocenters. The van der Waals surface area contributed by atoms with E-state index in [2.05, 4.69) is 22.1 Å². The zero-order chi connectivity index (χ0) is 20.4. The molecule has 0 aliphatic carbocycles. The molecule has 0 spiro atoms. The number of hydrogen-bond acceptors (Lipinski definition) is 6. The van der Waals surface area contributed by atoms with Gasteiger partial charge < -0.3 is 14.8 Å². The summed E-state index contributed by atoms with van der Waals surface area (Å²) in [6, 6.07) is 0. The van der Waals surface area contributed by atoms with Gasteiger partial charge in [-0.1, -0.05) is 18.7 Å². The zero-order valence-corrected chi connectivity index (χ0v) is 16.6. The van der Waals surface area contributed by atoms with Crippen LogP contribution in [0.5, 0.6) is 0 Å². The summed E-state index contributed by atoms with van der Waals surface area (Å²) < 4.78 is 11.2. The van der Waals surface area contributed by atoms with Crippen LogP contribution in [0, 0.1) is 0 Å². The number of nitrogens with one attached hydrogen (secondary N) is 2. The Hall–Kier alpha value is -2.64. The molecule has 2 saturated heterocycles. The molecule has 2 N–H and O–H groups in total. The summed E-state index contributed by atoms with van der Waals surface area (Å²) in [5.41, 5.74) is 1.91. The van der Waals surface area contributed by atoms with Crippen molar-refractivity contribution in [1.82, 2.24) is 15.5 Å². The lowest BCUT2D eigenvalue weighted by Crippen LogP contribution is -2.38. The highest BCUT2D eigenvalue weighted by molar-refractivity contribution is 6.11. The molecule has 7 heteroatoms. The lowest BCUT2D eigenvalue weighted by Gasteiger charge is -2.26. The third-order valence-electron chi connectivity index (χ3n) is 4.45. The van der Waals surface area contributed by atoms with Crippen LogP contribution >= 0.6 is 0 Å². The van der Waals surface area contributed by atoms with Crippen molar-refractivity contribution in [3.8, 4) is 0 Å². The maximum absolute atomic E-state index is 12.3. The molecule has 2 aliphatic rings. The molecule has 0 atom stereocenters. The molecule has 28 heavy (non-hydrogen) atoms. The quantitative estimate of drug-likeness (QED) is 0.286. The fourth-order valence-corrected chi connectivity index (χ4v) is 2.75. The summed E-state index contributed by atoms with van der Waals surface area (Å²) in [7, 11) is 0. The molecule has 0 aromatic heterocycles. The monoisotopic (exact) mass is 387 g/mol.